The molecule has 1 N–H and O–H groups in total. The zero-order valence-corrected chi connectivity index (χ0v) is 21.3. The van der Waals surface area contributed by atoms with Crippen LogP contribution in [-0.4, -0.2) is 20.0 Å². The van der Waals surface area contributed by atoms with Crippen molar-refractivity contribution in [2.75, 3.05) is 20.0 Å². The summed E-state index contributed by atoms with van der Waals surface area (Å²) < 4.78 is 0. The zero-order valence-electron chi connectivity index (χ0n) is 18.3. The third-order valence-corrected chi connectivity index (χ3v) is 6.72. The van der Waals surface area contributed by atoms with Crippen LogP contribution in [0.4, 0.5) is 5.69 Å². The van der Waals surface area contributed by atoms with E-state index in [-0.39, 0.29) is 24.4 Å². The van der Waals surface area contributed by atoms with Crippen LogP contribution in [0.15, 0.2) is 115 Å². The van der Waals surface area contributed by atoms with Crippen LogP contribution in [0.5, 0.6) is 0 Å². The second kappa shape index (κ2) is 15.8. The molecule has 0 heterocycles. The molecule has 4 aromatic carbocycles. The minimum absolute atomic E-state index is 0. The minimum Gasteiger partial charge on any atom is -0.696 e. The van der Waals surface area contributed by atoms with Crippen molar-refractivity contribution in [3.05, 3.63) is 127 Å². The van der Waals surface area contributed by atoms with Gasteiger partial charge in [-0.1, -0.05) is 60.3 Å². The first kappa shape index (κ1) is 27.1. The Morgan fingerprint density at radius 2 is 0.968 bits per heavy atom. The molecule has 162 valence electrons. The summed E-state index contributed by atoms with van der Waals surface area (Å²) in [4.78, 5) is 0. The predicted octanol–water partition coefficient (Wildman–Crippen LogP) is 6.44. The summed E-state index contributed by atoms with van der Waals surface area (Å²) >= 11 is 0. The van der Waals surface area contributed by atoms with E-state index in [1.807, 2.05) is 60.7 Å². The SMILES string of the molecule is C[PH+](C)C.[NH-]c1ccccc1[PH+](c1ccccc1)c1ccccc1.[Ni+2].[c-]1ccccc1. The van der Waals surface area contributed by atoms with Crippen molar-refractivity contribution < 1.29 is 16.5 Å². The second-order valence-corrected chi connectivity index (χ2v) is 12.7. The summed E-state index contributed by atoms with van der Waals surface area (Å²) in [6, 6.07) is 41.5. The van der Waals surface area contributed by atoms with E-state index < -0.39 is 7.92 Å². The van der Waals surface area contributed by atoms with Gasteiger partial charge in [0.25, 0.3) is 0 Å². The van der Waals surface area contributed by atoms with Crippen molar-refractivity contribution in [3.63, 3.8) is 0 Å². The molecule has 4 rings (SSSR count). The van der Waals surface area contributed by atoms with Gasteiger partial charge in [0, 0.05) is 20.0 Å². The van der Waals surface area contributed by atoms with Gasteiger partial charge < -0.3 is 5.73 Å². The van der Waals surface area contributed by atoms with Gasteiger partial charge in [-0.05, 0) is 38.3 Å². The van der Waals surface area contributed by atoms with Gasteiger partial charge in [-0.25, -0.2) is 0 Å². The molecular formula is C27H31NNiP2+2. The van der Waals surface area contributed by atoms with Gasteiger partial charge in [-0.2, -0.15) is 36.4 Å². The van der Waals surface area contributed by atoms with Crippen molar-refractivity contribution >= 4 is 37.4 Å². The van der Waals surface area contributed by atoms with Crippen molar-refractivity contribution in [2.45, 2.75) is 0 Å². The third-order valence-electron chi connectivity index (χ3n) is 3.93. The van der Waals surface area contributed by atoms with E-state index in [1.165, 1.54) is 10.6 Å². The quantitative estimate of drug-likeness (QED) is 0.180. The largest absolute Gasteiger partial charge is 2.00 e. The van der Waals surface area contributed by atoms with E-state index >= 15 is 0 Å². The molecule has 0 amide bonds. The Morgan fingerprint density at radius 3 is 1.32 bits per heavy atom. The Hall–Kier alpha value is -1.97. The molecule has 31 heavy (non-hydrogen) atoms. The molecule has 0 radical (unpaired) electrons. The van der Waals surface area contributed by atoms with Crippen LogP contribution in [-0.2, 0) is 16.5 Å². The Labute approximate surface area is 200 Å². The van der Waals surface area contributed by atoms with Crippen molar-refractivity contribution in [3.8, 4) is 0 Å². The van der Waals surface area contributed by atoms with E-state index in [2.05, 4.69) is 80.7 Å². The molecule has 0 aromatic heterocycles. The molecule has 0 aliphatic heterocycles. The fourth-order valence-corrected chi connectivity index (χ4v) is 5.35. The molecule has 0 saturated carbocycles. The molecule has 1 nitrogen and oxygen atoms in total. The molecule has 0 saturated heterocycles. The summed E-state index contributed by atoms with van der Waals surface area (Å²) in [6.45, 7) is 6.81. The molecule has 4 heteroatoms. The summed E-state index contributed by atoms with van der Waals surface area (Å²) in [7, 11) is -0.975. The van der Waals surface area contributed by atoms with E-state index in [0.717, 1.165) is 5.30 Å². The maximum absolute atomic E-state index is 8.23. The van der Waals surface area contributed by atoms with E-state index in [9.17, 15) is 0 Å². The topological polar surface area (TPSA) is 23.8 Å². The fraction of sp³-hybridized carbons (Fsp3) is 0.111. The van der Waals surface area contributed by atoms with E-state index in [4.69, 9.17) is 5.73 Å². The normalized spacial score (nSPS) is 9.58. The number of benzene rings is 4. The molecule has 0 bridgehead atoms. The first-order valence-electron chi connectivity index (χ1n) is 10.1. The average Bonchev–Trinajstić information content (AvgIpc) is 2.78. The average molecular weight is 490 g/mol. The number of hydrogen-bond acceptors (Lipinski definition) is 0. The van der Waals surface area contributed by atoms with Gasteiger partial charge in [0.2, 0.25) is 0 Å². The van der Waals surface area contributed by atoms with Gasteiger partial charge in [0.15, 0.2) is 0 Å². The Kier molecular flexibility index (Phi) is 13.8. The molecule has 0 aliphatic carbocycles. The summed E-state index contributed by atoms with van der Waals surface area (Å²) in [5.74, 6) is 0. The Bertz CT molecular complexity index is 879. The predicted molar refractivity (Wildman–Crippen MR) is 142 cm³/mol. The molecular weight excluding hydrogens is 459 g/mol. The summed E-state index contributed by atoms with van der Waals surface area (Å²) in [5, 5.41) is 3.79. The fourth-order valence-electron chi connectivity index (χ4n) is 2.73. The van der Waals surface area contributed by atoms with Crippen LogP contribution >= 0.6 is 15.8 Å². The maximum Gasteiger partial charge on any atom is 2.00 e. The van der Waals surface area contributed by atoms with Crippen LogP contribution in [0.1, 0.15) is 0 Å². The summed E-state index contributed by atoms with van der Waals surface area (Å²) in [6.07, 6.45) is 0. The van der Waals surface area contributed by atoms with Crippen molar-refractivity contribution in [1.82, 2.24) is 0 Å². The Balaban J connectivity index is 0.000000364. The number of rotatable bonds is 3. The molecule has 0 aliphatic rings. The first-order chi connectivity index (χ1) is 14.6. The van der Waals surface area contributed by atoms with Crippen LogP contribution in [0.2, 0.25) is 0 Å². The third kappa shape index (κ3) is 10.3. The molecule has 0 spiro atoms. The first-order valence-corrected chi connectivity index (χ1v) is 14.6. The number of nitrogens with one attached hydrogen (secondary N) is 1. The van der Waals surface area contributed by atoms with Gasteiger partial charge in [-0.3, -0.25) is 0 Å². The van der Waals surface area contributed by atoms with Crippen LogP contribution in [0.25, 0.3) is 5.73 Å². The molecule has 4 aromatic rings. The van der Waals surface area contributed by atoms with Crippen molar-refractivity contribution in [1.29, 1.82) is 0 Å². The second-order valence-electron chi connectivity index (χ2n) is 7.23. The van der Waals surface area contributed by atoms with Crippen LogP contribution in [0, 0.1) is 6.07 Å². The van der Waals surface area contributed by atoms with Crippen LogP contribution in [0.3, 0.4) is 0 Å². The zero-order chi connectivity index (χ0) is 21.6. The van der Waals surface area contributed by atoms with Crippen molar-refractivity contribution in [2.24, 2.45) is 0 Å². The molecule has 0 fully saturated rings. The van der Waals surface area contributed by atoms with Gasteiger partial charge in [-0.15, -0.1) is 0 Å². The van der Waals surface area contributed by atoms with Gasteiger partial charge >= 0.3 is 16.5 Å². The molecule has 0 unspecified atom stereocenters. The Morgan fingerprint density at radius 1 is 0.581 bits per heavy atom. The van der Waals surface area contributed by atoms with Gasteiger partial charge in [0.05, 0.1) is 13.2 Å². The number of hydrogen-bond donors (Lipinski definition) is 0. The maximum atomic E-state index is 8.23. The summed E-state index contributed by atoms with van der Waals surface area (Å²) in [5.41, 5.74) is 8.86. The monoisotopic (exact) mass is 489 g/mol. The van der Waals surface area contributed by atoms with E-state index in [1.54, 1.807) is 0 Å². The van der Waals surface area contributed by atoms with E-state index in [0.29, 0.717) is 5.69 Å². The molecule has 0 atom stereocenters. The smallest absolute Gasteiger partial charge is 0.696 e. The standard InChI is InChI=1S/C18H15NP.C6H5.C3H9P.Ni/c19-17-13-7-8-14-18(17)20(15-9-3-1-4-10-15)16-11-5-2-6-12-16;1-2-4-6-5-3-1;1-4(2)3;/h1-14,19H;1-5H;1-3H3;/q2*-1;;+2/p+2. The van der Waals surface area contributed by atoms with Crippen LogP contribution < -0.4 is 15.9 Å². The minimum atomic E-state index is -1.09. The van der Waals surface area contributed by atoms with Gasteiger partial charge in [0.1, 0.15) is 10.6 Å².